The zero-order valence-corrected chi connectivity index (χ0v) is 14.1. The van der Waals surface area contributed by atoms with Crippen molar-refractivity contribution >= 4 is 34.8 Å². The van der Waals surface area contributed by atoms with E-state index in [-0.39, 0.29) is 5.56 Å². The van der Waals surface area contributed by atoms with Crippen molar-refractivity contribution in [3.63, 3.8) is 0 Å². The smallest absolute Gasteiger partial charge is 0.271 e. The average molecular weight is 369 g/mol. The molecule has 0 heterocycles. The molecule has 2 aromatic rings. The van der Waals surface area contributed by atoms with Crippen molar-refractivity contribution in [2.75, 3.05) is 0 Å². The molecule has 0 aliphatic rings. The van der Waals surface area contributed by atoms with Gasteiger partial charge in [0.1, 0.15) is 0 Å². The highest BCUT2D eigenvalue weighted by Gasteiger charge is 2.14. The summed E-state index contributed by atoms with van der Waals surface area (Å²) < 4.78 is 0. The molecule has 0 bridgehead atoms. The Morgan fingerprint density at radius 3 is 2.29 bits per heavy atom. The largest absolute Gasteiger partial charge is 0.504 e. The van der Waals surface area contributed by atoms with E-state index in [1.54, 1.807) is 18.2 Å². The van der Waals surface area contributed by atoms with Crippen LogP contribution >= 0.6 is 23.2 Å². The number of amides is 1. The van der Waals surface area contributed by atoms with Gasteiger partial charge in [-0.15, -0.1) is 0 Å². The number of phenols is 3. The lowest BCUT2D eigenvalue weighted by atomic mass is 10.1. The van der Waals surface area contributed by atoms with Crippen molar-refractivity contribution in [1.82, 2.24) is 5.43 Å². The molecule has 0 aliphatic carbocycles. The van der Waals surface area contributed by atoms with Gasteiger partial charge >= 0.3 is 0 Å². The Balaban J connectivity index is 2.25. The number of nitrogens with zero attached hydrogens (tertiary/aromatic N) is 1. The first-order chi connectivity index (χ1) is 11.3. The number of halogens is 2. The fraction of sp³-hybridized carbons (Fsp3) is 0.125. The lowest BCUT2D eigenvalue weighted by Crippen LogP contribution is -2.20. The molecular weight excluding hydrogens is 355 g/mol. The van der Waals surface area contributed by atoms with Crippen molar-refractivity contribution < 1.29 is 20.1 Å². The molecule has 8 heteroatoms. The predicted octanol–water partition coefficient (Wildman–Crippen LogP) is 3.65. The van der Waals surface area contributed by atoms with Gasteiger partial charge in [-0.05, 0) is 30.7 Å². The third kappa shape index (κ3) is 3.90. The van der Waals surface area contributed by atoms with E-state index in [2.05, 4.69) is 10.5 Å². The minimum absolute atomic E-state index is 0.0655. The Hall–Kier alpha value is -2.44. The number of aromatic hydroxyl groups is 3. The quantitative estimate of drug-likeness (QED) is 0.375. The first kappa shape index (κ1) is 17.9. The Morgan fingerprint density at radius 1 is 1.12 bits per heavy atom. The first-order valence-corrected chi connectivity index (χ1v) is 7.66. The van der Waals surface area contributed by atoms with Gasteiger partial charge in [0, 0.05) is 16.1 Å². The second-order valence-corrected chi connectivity index (χ2v) is 5.68. The van der Waals surface area contributed by atoms with Crippen LogP contribution in [-0.4, -0.2) is 26.9 Å². The van der Waals surface area contributed by atoms with Crippen molar-refractivity contribution in [2.24, 2.45) is 5.10 Å². The van der Waals surface area contributed by atoms with E-state index in [9.17, 15) is 20.1 Å². The van der Waals surface area contributed by atoms with Crippen LogP contribution in [0.3, 0.4) is 0 Å². The van der Waals surface area contributed by atoms with Gasteiger partial charge in [0.15, 0.2) is 17.2 Å². The van der Waals surface area contributed by atoms with Gasteiger partial charge in [0.05, 0.1) is 10.7 Å². The Labute approximate surface area is 148 Å². The van der Waals surface area contributed by atoms with Crippen molar-refractivity contribution in [3.8, 4) is 17.2 Å². The molecule has 0 aromatic heterocycles. The standard InChI is InChI=1S/C16H14Cl2N2O4/c1-2-12(10-4-3-9(17)7-11(10)18)19-20-16(24)8-5-13(21)15(23)14(22)6-8/h3-7,21-23H,2H2,1H3,(H,20,24)/b19-12+. The number of hydrogen-bond donors (Lipinski definition) is 4. The van der Waals surface area contributed by atoms with Crippen LogP contribution in [0, 0.1) is 0 Å². The summed E-state index contributed by atoms with van der Waals surface area (Å²) in [5.41, 5.74) is 3.40. The molecule has 0 aliphatic heterocycles. The third-order valence-corrected chi connectivity index (χ3v) is 3.75. The van der Waals surface area contributed by atoms with Crippen LogP contribution in [0.1, 0.15) is 29.3 Å². The van der Waals surface area contributed by atoms with Crippen LogP contribution < -0.4 is 5.43 Å². The molecule has 0 spiro atoms. The fourth-order valence-electron chi connectivity index (χ4n) is 1.97. The summed E-state index contributed by atoms with van der Waals surface area (Å²) >= 11 is 12.0. The Kier molecular flexibility index (Phi) is 5.54. The molecule has 0 saturated carbocycles. The van der Waals surface area contributed by atoms with Crippen LogP contribution in [0.4, 0.5) is 0 Å². The molecule has 0 unspecified atom stereocenters. The van der Waals surface area contributed by atoms with Gasteiger partial charge in [-0.2, -0.15) is 5.10 Å². The number of rotatable bonds is 4. The van der Waals surface area contributed by atoms with Gasteiger partial charge in [-0.3, -0.25) is 4.79 Å². The lowest BCUT2D eigenvalue weighted by molar-refractivity contribution is 0.0954. The SMILES string of the molecule is CC/C(=N\NC(=O)c1cc(O)c(O)c(O)c1)c1ccc(Cl)cc1Cl. The summed E-state index contributed by atoms with van der Waals surface area (Å²) in [7, 11) is 0. The number of nitrogens with one attached hydrogen (secondary N) is 1. The zero-order chi connectivity index (χ0) is 17.9. The van der Waals surface area contributed by atoms with Crippen LogP contribution in [0.15, 0.2) is 35.4 Å². The van der Waals surface area contributed by atoms with Crippen LogP contribution in [0.25, 0.3) is 0 Å². The maximum Gasteiger partial charge on any atom is 0.271 e. The number of benzene rings is 2. The van der Waals surface area contributed by atoms with E-state index < -0.39 is 23.2 Å². The number of phenolic OH excluding ortho intramolecular Hbond substituents is 3. The normalized spacial score (nSPS) is 11.4. The summed E-state index contributed by atoms with van der Waals surface area (Å²) in [5, 5.41) is 33.1. The highest BCUT2D eigenvalue weighted by molar-refractivity contribution is 6.37. The molecular formula is C16H14Cl2N2O4. The van der Waals surface area contributed by atoms with Gasteiger partial charge in [-0.25, -0.2) is 5.43 Å². The zero-order valence-electron chi connectivity index (χ0n) is 12.5. The van der Waals surface area contributed by atoms with Crippen molar-refractivity contribution in [3.05, 3.63) is 51.5 Å². The maximum absolute atomic E-state index is 12.1. The molecule has 2 rings (SSSR count). The number of hydrazone groups is 1. The molecule has 0 fully saturated rings. The summed E-state index contributed by atoms with van der Waals surface area (Å²) in [6.07, 6.45) is 0.494. The van der Waals surface area contributed by atoms with Crippen LogP contribution in [0.5, 0.6) is 17.2 Å². The molecule has 0 atom stereocenters. The van der Waals surface area contributed by atoms with E-state index >= 15 is 0 Å². The number of carbonyl (C=O) groups excluding carboxylic acids is 1. The average Bonchev–Trinajstić information content (AvgIpc) is 2.53. The molecule has 126 valence electrons. The monoisotopic (exact) mass is 368 g/mol. The number of carbonyl (C=O) groups is 1. The van der Waals surface area contributed by atoms with E-state index in [4.69, 9.17) is 23.2 Å². The Bertz CT molecular complexity index is 799. The maximum atomic E-state index is 12.1. The second-order valence-electron chi connectivity index (χ2n) is 4.84. The van der Waals surface area contributed by atoms with E-state index in [0.717, 1.165) is 12.1 Å². The van der Waals surface area contributed by atoms with E-state index in [0.29, 0.717) is 27.7 Å². The molecule has 1 amide bonds. The molecule has 24 heavy (non-hydrogen) atoms. The molecule has 6 nitrogen and oxygen atoms in total. The number of hydrogen-bond acceptors (Lipinski definition) is 5. The van der Waals surface area contributed by atoms with Gasteiger partial charge in [0.25, 0.3) is 5.91 Å². The van der Waals surface area contributed by atoms with E-state index in [1.807, 2.05) is 6.92 Å². The van der Waals surface area contributed by atoms with Gasteiger partial charge < -0.3 is 15.3 Å². The van der Waals surface area contributed by atoms with Crippen molar-refractivity contribution in [2.45, 2.75) is 13.3 Å². The van der Waals surface area contributed by atoms with Crippen molar-refractivity contribution in [1.29, 1.82) is 0 Å². The lowest BCUT2D eigenvalue weighted by Gasteiger charge is -2.08. The Morgan fingerprint density at radius 2 is 1.75 bits per heavy atom. The minimum Gasteiger partial charge on any atom is -0.504 e. The summed E-state index contributed by atoms with van der Waals surface area (Å²) in [6, 6.07) is 6.95. The third-order valence-electron chi connectivity index (χ3n) is 3.20. The topological polar surface area (TPSA) is 102 Å². The molecule has 0 saturated heterocycles. The van der Waals surface area contributed by atoms with Crippen LogP contribution in [0.2, 0.25) is 10.0 Å². The highest BCUT2D eigenvalue weighted by Crippen LogP contribution is 2.35. The summed E-state index contributed by atoms with van der Waals surface area (Å²) in [4.78, 5) is 12.1. The van der Waals surface area contributed by atoms with Gasteiger partial charge in [0.2, 0.25) is 0 Å². The van der Waals surface area contributed by atoms with Crippen LogP contribution in [-0.2, 0) is 0 Å². The molecule has 0 radical (unpaired) electrons. The predicted molar refractivity (Wildman–Crippen MR) is 92.2 cm³/mol. The molecule has 2 aromatic carbocycles. The first-order valence-electron chi connectivity index (χ1n) is 6.90. The van der Waals surface area contributed by atoms with Gasteiger partial charge in [-0.1, -0.05) is 36.2 Å². The minimum atomic E-state index is -0.697. The fourth-order valence-corrected chi connectivity index (χ4v) is 2.49. The second kappa shape index (κ2) is 7.42. The summed E-state index contributed by atoms with van der Waals surface area (Å²) in [6.45, 7) is 1.84. The highest BCUT2D eigenvalue weighted by atomic mass is 35.5. The molecule has 4 N–H and O–H groups in total. The van der Waals surface area contributed by atoms with E-state index in [1.165, 1.54) is 0 Å². The summed E-state index contributed by atoms with van der Waals surface area (Å²) in [5.74, 6) is -2.59.